The molecule has 4 nitrogen and oxygen atoms in total. The zero-order valence-corrected chi connectivity index (χ0v) is 17.2. The molecule has 0 bridgehead atoms. The predicted molar refractivity (Wildman–Crippen MR) is 106 cm³/mol. The van der Waals surface area contributed by atoms with E-state index in [0.29, 0.717) is 36.2 Å². The molecule has 0 saturated heterocycles. The lowest BCUT2D eigenvalue weighted by molar-refractivity contribution is -0.120. The Morgan fingerprint density at radius 1 is 1.42 bits per heavy atom. The summed E-state index contributed by atoms with van der Waals surface area (Å²) in [4.78, 5) is 11.9. The number of rotatable bonds is 11. The van der Waals surface area contributed by atoms with Crippen LogP contribution in [0.1, 0.15) is 66.2 Å². The average molecular weight is 379 g/mol. The minimum absolute atomic E-state index is 0.0427. The number of carbonyl (C=O) groups is 1. The van der Waals surface area contributed by atoms with Crippen molar-refractivity contribution in [1.82, 2.24) is 5.32 Å². The number of amides is 1. The lowest BCUT2D eigenvalue weighted by Gasteiger charge is -2.16. The Labute approximate surface area is 162 Å². The van der Waals surface area contributed by atoms with Gasteiger partial charge in [0.1, 0.15) is 12.4 Å². The number of nitrogens with zero attached hydrogens (tertiary/aromatic N) is 1. The van der Waals surface area contributed by atoms with E-state index >= 15 is 0 Å². The maximum Gasteiger partial charge on any atom is 0.224 e. The lowest BCUT2D eigenvalue weighted by atomic mass is 10.1. The van der Waals surface area contributed by atoms with Crippen LogP contribution >= 0.6 is 11.6 Å². The zero-order chi connectivity index (χ0) is 19.5. The smallest absolute Gasteiger partial charge is 0.224 e. The van der Waals surface area contributed by atoms with Crippen molar-refractivity contribution < 1.29 is 9.53 Å². The van der Waals surface area contributed by atoms with Gasteiger partial charge in [0.05, 0.1) is 12.0 Å². The van der Waals surface area contributed by atoms with Crippen molar-refractivity contribution in [3.8, 4) is 6.07 Å². The van der Waals surface area contributed by atoms with Crippen molar-refractivity contribution in [1.29, 1.82) is 5.26 Å². The van der Waals surface area contributed by atoms with E-state index in [1.54, 1.807) is 12.2 Å². The van der Waals surface area contributed by atoms with Crippen LogP contribution in [0.4, 0.5) is 0 Å². The first kappa shape index (κ1) is 22.3. The van der Waals surface area contributed by atoms with Crippen molar-refractivity contribution in [2.24, 2.45) is 11.8 Å². The number of halogens is 1. The van der Waals surface area contributed by atoms with E-state index in [2.05, 4.69) is 11.4 Å². The number of hydrogen-bond acceptors (Lipinski definition) is 3. The number of nitrogens with one attached hydrogen (secondary N) is 1. The second kappa shape index (κ2) is 11.8. The van der Waals surface area contributed by atoms with Gasteiger partial charge in [-0.2, -0.15) is 5.26 Å². The van der Waals surface area contributed by atoms with Crippen LogP contribution in [0.2, 0.25) is 0 Å². The maximum absolute atomic E-state index is 11.9. The molecule has 0 aromatic rings. The maximum atomic E-state index is 11.9. The lowest BCUT2D eigenvalue weighted by Crippen LogP contribution is -2.23. The van der Waals surface area contributed by atoms with Crippen molar-refractivity contribution in [2.75, 3.05) is 6.61 Å². The molecule has 1 saturated carbocycles. The largest absolute Gasteiger partial charge is 0.489 e. The number of carbonyl (C=O) groups excluding carboxylic acids is 1. The fraction of sp³-hybridized carbons (Fsp3) is 0.619. The summed E-state index contributed by atoms with van der Waals surface area (Å²) in [6.45, 7) is 8.10. The molecule has 0 spiro atoms. The fourth-order valence-electron chi connectivity index (χ4n) is 2.43. The summed E-state index contributed by atoms with van der Waals surface area (Å²) in [5.41, 5.74) is 1.99. The van der Waals surface area contributed by atoms with Gasteiger partial charge in [0.2, 0.25) is 5.91 Å². The van der Waals surface area contributed by atoms with Crippen LogP contribution in [0.25, 0.3) is 0 Å². The second-order valence-electron chi connectivity index (χ2n) is 6.89. The summed E-state index contributed by atoms with van der Waals surface area (Å²) in [5.74, 6) is 1.07. The molecule has 1 atom stereocenters. The normalized spacial score (nSPS) is 17.2. The van der Waals surface area contributed by atoms with Gasteiger partial charge in [-0.1, -0.05) is 25.4 Å². The quantitative estimate of drug-likeness (QED) is 0.377. The number of allylic oxidation sites excluding steroid dienone is 4. The summed E-state index contributed by atoms with van der Waals surface area (Å²) in [5, 5.41) is 12.7. The highest BCUT2D eigenvalue weighted by atomic mass is 35.5. The summed E-state index contributed by atoms with van der Waals surface area (Å²) in [6, 6.07) is 2.18. The van der Waals surface area contributed by atoms with E-state index in [1.165, 1.54) is 12.8 Å². The Hall–Kier alpha value is -1.73. The van der Waals surface area contributed by atoms with Gasteiger partial charge in [-0.05, 0) is 69.6 Å². The van der Waals surface area contributed by atoms with Crippen LogP contribution in [0.5, 0.6) is 0 Å². The molecule has 5 heteroatoms. The minimum atomic E-state index is -0.260. The highest BCUT2D eigenvalue weighted by Gasteiger charge is 2.24. The Balaban J connectivity index is 2.88. The monoisotopic (exact) mass is 378 g/mol. The number of ether oxygens (including phenoxy) is 1. The van der Waals surface area contributed by atoms with Gasteiger partial charge < -0.3 is 10.1 Å². The topological polar surface area (TPSA) is 62.1 Å². The highest BCUT2D eigenvalue weighted by molar-refractivity contribution is 6.29. The molecule has 1 amide bonds. The Bertz CT molecular complexity index is 610. The Morgan fingerprint density at radius 2 is 2.12 bits per heavy atom. The zero-order valence-electron chi connectivity index (χ0n) is 16.4. The summed E-state index contributed by atoms with van der Waals surface area (Å²) < 4.78 is 5.98. The van der Waals surface area contributed by atoms with Gasteiger partial charge in [0.25, 0.3) is 0 Å². The van der Waals surface area contributed by atoms with Crippen LogP contribution in [0.3, 0.4) is 0 Å². The van der Waals surface area contributed by atoms with Crippen molar-refractivity contribution >= 4 is 17.5 Å². The Morgan fingerprint density at radius 3 is 2.65 bits per heavy atom. The van der Waals surface area contributed by atoms with Gasteiger partial charge in [-0.25, -0.2) is 0 Å². The average Bonchev–Trinajstić information content (AvgIpc) is 3.42. The molecule has 0 radical (unpaired) electrons. The molecule has 144 valence electrons. The van der Waals surface area contributed by atoms with E-state index in [1.807, 2.05) is 27.7 Å². The van der Waals surface area contributed by atoms with Crippen LogP contribution in [0, 0.1) is 23.2 Å². The first-order valence-corrected chi connectivity index (χ1v) is 9.86. The second-order valence-corrected chi connectivity index (χ2v) is 7.38. The third-order valence-electron chi connectivity index (χ3n) is 4.23. The predicted octanol–water partition coefficient (Wildman–Crippen LogP) is 5.57. The first-order chi connectivity index (χ1) is 12.4. The van der Waals surface area contributed by atoms with Gasteiger partial charge >= 0.3 is 0 Å². The van der Waals surface area contributed by atoms with Crippen molar-refractivity contribution in [3.05, 3.63) is 34.2 Å². The van der Waals surface area contributed by atoms with Crippen molar-refractivity contribution in [3.63, 3.8) is 0 Å². The van der Waals surface area contributed by atoms with E-state index in [4.69, 9.17) is 21.6 Å². The van der Waals surface area contributed by atoms with E-state index in [-0.39, 0.29) is 11.8 Å². The minimum Gasteiger partial charge on any atom is -0.489 e. The first-order valence-electron chi connectivity index (χ1n) is 9.48. The van der Waals surface area contributed by atoms with Crippen LogP contribution in [-0.2, 0) is 9.53 Å². The van der Waals surface area contributed by atoms with Gasteiger partial charge in [-0.15, -0.1) is 0 Å². The summed E-state index contributed by atoms with van der Waals surface area (Å²) in [7, 11) is 0. The molecule has 1 rings (SSSR count). The molecule has 0 aromatic carbocycles. The van der Waals surface area contributed by atoms with E-state index in [0.717, 1.165) is 24.1 Å². The van der Waals surface area contributed by atoms with Gasteiger partial charge in [-0.3, -0.25) is 4.79 Å². The molecule has 26 heavy (non-hydrogen) atoms. The molecule has 1 aliphatic rings. The molecule has 1 aliphatic carbocycles. The highest BCUT2D eigenvalue weighted by Crippen LogP contribution is 2.36. The van der Waals surface area contributed by atoms with Gasteiger partial charge in [0, 0.05) is 17.2 Å². The number of hydrogen-bond donors (Lipinski definition) is 1. The molecular weight excluding hydrogens is 348 g/mol. The molecule has 0 aromatic heterocycles. The standard InChI is InChI=1S/C21H31ClN2O2/c1-5-7-21(25)24-16(4)18(11-17-8-9-17)14-26-20(10-15(3)13-23)12-19(22)6-2/h10,12,15,17H,5-9,11,14H2,1-4H3,(H,24,25)/b18-16-,19-12+,20-10+. The van der Waals surface area contributed by atoms with Crippen molar-refractivity contribution in [2.45, 2.75) is 66.2 Å². The number of nitriles is 1. The Kier molecular flexibility index (Phi) is 10.1. The molecule has 1 fully saturated rings. The van der Waals surface area contributed by atoms with Crippen LogP contribution in [-0.4, -0.2) is 12.5 Å². The third kappa shape index (κ3) is 9.10. The molecule has 0 aliphatic heterocycles. The molecule has 1 N–H and O–H groups in total. The summed E-state index contributed by atoms with van der Waals surface area (Å²) in [6.07, 6.45) is 9.00. The van der Waals surface area contributed by atoms with Crippen LogP contribution < -0.4 is 5.32 Å². The SMILES string of the molecule is CCCC(=O)N/C(C)=C(\COC(/C=C(/Cl)CC)=C/C(C)C#N)CC1CC1. The molecule has 1 unspecified atom stereocenters. The van der Waals surface area contributed by atoms with Gasteiger partial charge in [0.15, 0.2) is 0 Å². The molecular formula is C21H31ClN2O2. The van der Waals surface area contributed by atoms with E-state index in [9.17, 15) is 4.79 Å². The fourth-order valence-corrected chi connectivity index (χ4v) is 2.53. The summed E-state index contributed by atoms with van der Waals surface area (Å²) >= 11 is 6.15. The third-order valence-corrected chi connectivity index (χ3v) is 4.61. The molecule has 0 heterocycles. The van der Waals surface area contributed by atoms with Crippen LogP contribution in [0.15, 0.2) is 34.2 Å². The van der Waals surface area contributed by atoms with E-state index < -0.39 is 0 Å².